The Hall–Kier alpha value is -4.15. The Labute approximate surface area is 218 Å². The summed E-state index contributed by atoms with van der Waals surface area (Å²) in [5.41, 5.74) is 2.83. The highest BCUT2D eigenvalue weighted by Crippen LogP contribution is 2.32. The summed E-state index contributed by atoms with van der Waals surface area (Å²) in [7, 11) is 1.54. The molecule has 2 aromatic heterocycles. The third kappa shape index (κ3) is 5.27. The van der Waals surface area contributed by atoms with Gasteiger partial charge in [-0.15, -0.1) is 0 Å². The van der Waals surface area contributed by atoms with Crippen molar-refractivity contribution in [3.8, 4) is 17.1 Å². The molecule has 1 aromatic carbocycles. The van der Waals surface area contributed by atoms with Crippen molar-refractivity contribution in [2.75, 3.05) is 31.6 Å². The summed E-state index contributed by atoms with van der Waals surface area (Å²) in [5, 5.41) is 2.58. The molecule has 5 rings (SSSR count). The van der Waals surface area contributed by atoms with E-state index in [4.69, 9.17) is 14.7 Å². The first kappa shape index (κ1) is 25.5. The van der Waals surface area contributed by atoms with E-state index in [1.54, 1.807) is 30.1 Å². The van der Waals surface area contributed by atoms with Crippen molar-refractivity contribution in [2.24, 2.45) is 0 Å². The van der Waals surface area contributed by atoms with Crippen molar-refractivity contribution in [2.45, 2.75) is 38.8 Å². The first-order valence-corrected chi connectivity index (χ1v) is 12.5. The Balaban J connectivity index is 1.44. The first-order chi connectivity index (χ1) is 18.3. The summed E-state index contributed by atoms with van der Waals surface area (Å²) in [6.07, 6.45) is 1.54. The van der Waals surface area contributed by atoms with Gasteiger partial charge in [-0.2, -0.15) is 0 Å². The molecule has 0 radical (unpaired) electrons. The topological polar surface area (TPSA) is 101 Å². The Morgan fingerprint density at radius 3 is 2.53 bits per heavy atom. The predicted octanol–water partition coefficient (Wildman–Crippen LogP) is 3.13. The van der Waals surface area contributed by atoms with Gasteiger partial charge in [0.15, 0.2) is 17.4 Å². The molecule has 198 valence electrons. The maximum absolute atomic E-state index is 14.1. The van der Waals surface area contributed by atoms with Crippen LogP contribution < -0.4 is 15.0 Å². The maximum atomic E-state index is 14.1. The number of carbonyl (C=O) groups excluding carboxylic acids is 2. The van der Waals surface area contributed by atoms with Crippen molar-refractivity contribution in [3.63, 3.8) is 0 Å². The van der Waals surface area contributed by atoms with Crippen LogP contribution in [0.15, 0.2) is 36.4 Å². The van der Waals surface area contributed by atoms with Gasteiger partial charge < -0.3 is 19.9 Å². The summed E-state index contributed by atoms with van der Waals surface area (Å²) in [4.78, 5) is 42.5. The van der Waals surface area contributed by atoms with E-state index in [0.29, 0.717) is 68.3 Å². The van der Waals surface area contributed by atoms with Crippen molar-refractivity contribution in [1.29, 1.82) is 0 Å². The molecular formula is C27H28F2N6O3. The van der Waals surface area contributed by atoms with Crippen molar-refractivity contribution >= 4 is 17.6 Å². The lowest BCUT2D eigenvalue weighted by Crippen LogP contribution is -2.40. The lowest BCUT2D eigenvalue weighted by Gasteiger charge is -2.35. The standard InChI is InChI=1S/C27H28F2N6O3/c1-16(36)35-13-10-20-23(15-35)32-25(21-4-3-5-22(31-21)27(37)30-2)26(33-20)34-11-8-18(9-12-34)38-24-7-6-17(28)14-19(24)29/h3-7,14,18H,8-13,15H2,1-2H3,(H,30,37). The second-order valence-corrected chi connectivity index (χ2v) is 9.35. The SMILES string of the molecule is CNC(=O)c1cccc(-c2nc3c(nc2N2CCC(Oc4ccc(F)cc4F)CC2)CCN(C(C)=O)C3)n1. The van der Waals surface area contributed by atoms with E-state index in [1.807, 2.05) is 0 Å². The highest BCUT2D eigenvalue weighted by atomic mass is 19.1. The molecule has 1 fully saturated rings. The summed E-state index contributed by atoms with van der Waals surface area (Å²) in [6.45, 7) is 3.61. The summed E-state index contributed by atoms with van der Waals surface area (Å²) in [5.74, 6) is -1.03. The van der Waals surface area contributed by atoms with E-state index in [0.717, 1.165) is 11.8 Å². The van der Waals surface area contributed by atoms with E-state index in [2.05, 4.69) is 15.2 Å². The van der Waals surface area contributed by atoms with Crippen LogP contribution in [0.2, 0.25) is 0 Å². The normalized spacial score (nSPS) is 15.7. The molecular weight excluding hydrogens is 494 g/mol. The number of rotatable bonds is 5. The molecule has 0 spiro atoms. The van der Waals surface area contributed by atoms with Crippen LogP contribution in [0, 0.1) is 11.6 Å². The number of nitrogens with zero attached hydrogens (tertiary/aromatic N) is 5. The second-order valence-electron chi connectivity index (χ2n) is 9.35. The highest BCUT2D eigenvalue weighted by molar-refractivity contribution is 5.92. The van der Waals surface area contributed by atoms with Gasteiger partial charge in [-0.25, -0.2) is 23.7 Å². The molecule has 3 aromatic rings. The van der Waals surface area contributed by atoms with Gasteiger partial charge in [0.05, 0.1) is 23.6 Å². The second kappa shape index (κ2) is 10.7. The first-order valence-electron chi connectivity index (χ1n) is 12.5. The van der Waals surface area contributed by atoms with E-state index in [9.17, 15) is 18.4 Å². The smallest absolute Gasteiger partial charge is 0.269 e. The number of hydrogen-bond acceptors (Lipinski definition) is 7. The summed E-state index contributed by atoms with van der Waals surface area (Å²) < 4.78 is 33.2. The minimum Gasteiger partial charge on any atom is -0.487 e. The van der Waals surface area contributed by atoms with Gasteiger partial charge in [0.2, 0.25) is 5.91 Å². The van der Waals surface area contributed by atoms with Crippen LogP contribution in [0.1, 0.15) is 41.6 Å². The number of hydrogen-bond donors (Lipinski definition) is 1. The Bertz CT molecular complexity index is 1380. The fraction of sp³-hybridized carbons (Fsp3) is 0.370. The van der Waals surface area contributed by atoms with Crippen molar-refractivity contribution in [3.05, 3.63) is 65.1 Å². The zero-order valence-electron chi connectivity index (χ0n) is 21.2. The number of amides is 2. The van der Waals surface area contributed by atoms with Gasteiger partial charge in [-0.1, -0.05) is 6.07 Å². The average molecular weight is 523 g/mol. The van der Waals surface area contributed by atoms with Gasteiger partial charge in [0.25, 0.3) is 5.91 Å². The Morgan fingerprint density at radius 2 is 1.82 bits per heavy atom. The lowest BCUT2D eigenvalue weighted by atomic mass is 10.1. The Kier molecular flexibility index (Phi) is 7.17. The average Bonchev–Trinajstić information content (AvgIpc) is 2.93. The van der Waals surface area contributed by atoms with Gasteiger partial charge in [0, 0.05) is 58.9 Å². The van der Waals surface area contributed by atoms with Crippen molar-refractivity contribution in [1.82, 2.24) is 25.2 Å². The third-order valence-electron chi connectivity index (χ3n) is 6.82. The third-order valence-corrected chi connectivity index (χ3v) is 6.82. The minimum atomic E-state index is -0.725. The quantitative estimate of drug-likeness (QED) is 0.550. The molecule has 38 heavy (non-hydrogen) atoms. The molecule has 0 aliphatic carbocycles. The minimum absolute atomic E-state index is 0.0255. The molecule has 1 saturated heterocycles. The number of anilines is 1. The van der Waals surface area contributed by atoms with E-state index in [1.165, 1.54) is 19.1 Å². The number of pyridine rings is 1. The van der Waals surface area contributed by atoms with Gasteiger partial charge >= 0.3 is 0 Å². The summed E-state index contributed by atoms with van der Waals surface area (Å²) >= 11 is 0. The number of aromatic nitrogens is 3. The molecule has 11 heteroatoms. The van der Waals surface area contributed by atoms with E-state index < -0.39 is 11.6 Å². The zero-order valence-corrected chi connectivity index (χ0v) is 21.2. The number of nitrogens with one attached hydrogen (secondary N) is 1. The number of halogens is 2. The van der Waals surface area contributed by atoms with Crippen LogP contribution in [0.3, 0.4) is 0 Å². The van der Waals surface area contributed by atoms with Crippen LogP contribution in [0.25, 0.3) is 11.4 Å². The molecule has 4 heterocycles. The van der Waals surface area contributed by atoms with Crippen LogP contribution in [0.5, 0.6) is 5.75 Å². The predicted molar refractivity (Wildman–Crippen MR) is 136 cm³/mol. The monoisotopic (exact) mass is 522 g/mol. The van der Waals surface area contributed by atoms with Gasteiger partial charge in [0.1, 0.15) is 23.3 Å². The molecule has 0 atom stereocenters. The van der Waals surface area contributed by atoms with Crippen LogP contribution >= 0.6 is 0 Å². The molecule has 0 saturated carbocycles. The number of fused-ring (bicyclic) bond motifs is 1. The number of ether oxygens (including phenoxy) is 1. The molecule has 0 unspecified atom stereocenters. The number of carbonyl (C=O) groups is 2. The highest BCUT2D eigenvalue weighted by Gasteiger charge is 2.29. The molecule has 2 amide bonds. The maximum Gasteiger partial charge on any atom is 0.269 e. The Morgan fingerprint density at radius 1 is 1.03 bits per heavy atom. The van der Waals surface area contributed by atoms with Crippen LogP contribution in [-0.4, -0.2) is 64.5 Å². The number of piperidine rings is 1. The van der Waals surface area contributed by atoms with Gasteiger partial charge in [-0.3, -0.25) is 9.59 Å². The van der Waals surface area contributed by atoms with E-state index >= 15 is 0 Å². The fourth-order valence-corrected chi connectivity index (χ4v) is 4.74. The van der Waals surface area contributed by atoms with Crippen LogP contribution in [-0.2, 0) is 17.8 Å². The largest absolute Gasteiger partial charge is 0.487 e. The molecule has 1 N–H and O–H groups in total. The van der Waals surface area contributed by atoms with Gasteiger partial charge in [-0.05, 0) is 24.3 Å². The molecule has 2 aliphatic heterocycles. The van der Waals surface area contributed by atoms with Crippen LogP contribution in [0.4, 0.5) is 14.6 Å². The zero-order chi connectivity index (χ0) is 26.8. The summed E-state index contributed by atoms with van der Waals surface area (Å²) in [6, 6.07) is 8.45. The molecule has 0 bridgehead atoms. The number of benzene rings is 1. The van der Waals surface area contributed by atoms with Crippen molar-refractivity contribution < 1.29 is 23.1 Å². The lowest BCUT2D eigenvalue weighted by molar-refractivity contribution is -0.129. The fourth-order valence-electron chi connectivity index (χ4n) is 4.74. The molecule has 2 aliphatic rings. The van der Waals surface area contributed by atoms with E-state index in [-0.39, 0.29) is 29.4 Å². The molecule has 9 nitrogen and oxygen atoms in total.